The quantitative estimate of drug-likeness (QED) is 0.725. The summed E-state index contributed by atoms with van der Waals surface area (Å²) in [5, 5.41) is 13.2. The first-order chi connectivity index (χ1) is 8.17. The van der Waals surface area contributed by atoms with Gasteiger partial charge in [-0.15, -0.1) is 0 Å². The molecule has 0 aliphatic heterocycles. The van der Waals surface area contributed by atoms with Crippen LogP contribution in [0.2, 0.25) is 0 Å². The van der Waals surface area contributed by atoms with Gasteiger partial charge in [-0.2, -0.15) is 0 Å². The van der Waals surface area contributed by atoms with Crippen molar-refractivity contribution in [2.24, 2.45) is 0 Å². The van der Waals surface area contributed by atoms with Crippen LogP contribution in [-0.4, -0.2) is 42.3 Å². The second-order valence-corrected chi connectivity index (χ2v) is 4.29. The van der Waals surface area contributed by atoms with Gasteiger partial charge in [0.1, 0.15) is 5.76 Å². The minimum absolute atomic E-state index is 0.136. The summed E-state index contributed by atoms with van der Waals surface area (Å²) < 4.78 is 5.30. The van der Waals surface area contributed by atoms with Crippen LogP contribution in [0.3, 0.4) is 0 Å². The maximum absolute atomic E-state index is 9.89. The number of nitrogens with zero attached hydrogens (tertiary/aromatic N) is 1. The van der Waals surface area contributed by atoms with Crippen molar-refractivity contribution in [1.82, 2.24) is 10.2 Å². The number of nitrogens with one attached hydrogen (secondary N) is 1. The lowest BCUT2D eigenvalue weighted by Crippen LogP contribution is -2.38. The van der Waals surface area contributed by atoms with Crippen molar-refractivity contribution in [3.63, 3.8) is 0 Å². The molecule has 0 saturated heterocycles. The zero-order valence-corrected chi connectivity index (χ0v) is 11.0. The molecule has 1 rings (SSSR count). The first-order valence-corrected chi connectivity index (χ1v) is 6.34. The van der Waals surface area contributed by atoms with E-state index in [0.29, 0.717) is 13.1 Å². The number of hydrogen-bond donors (Lipinski definition) is 2. The van der Waals surface area contributed by atoms with Gasteiger partial charge in [-0.25, -0.2) is 0 Å². The van der Waals surface area contributed by atoms with Crippen molar-refractivity contribution in [1.29, 1.82) is 0 Å². The van der Waals surface area contributed by atoms with Gasteiger partial charge in [0.05, 0.1) is 18.4 Å². The molecule has 0 aromatic carbocycles. The van der Waals surface area contributed by atoms with E-state index in [9.17, 15) is 5.11 Å². The lowest BCUT2D eigenvalue weighted by molar-refractivity contribution is 0.113. The smallest absolute Gasteiger partial charge is 0.120 e. The largest absolute Gasteiger partial charge is 0.468 e. The molecule has 2 atom stereocenters. The standard InChI is InChI=1S/C13H24N2O2/c1-4-15(5-2)10-12(16)9-14-11(3)13-7-6-8-17-13/h6-8,11-12,14,16H,4-5,9-10H2,1-3H3. The van der Waals surface area contributed by atoms with Gasteiger partial charge in [-0.3, -0.25) is 0 Å². The maximum Gasteiger partial charge on any atom is 0.120 e. The van der Waals surface area contributed by atoms with Crippen molar-refractivity contribution in [3.8, 4) is 0 Å². The van der Waals surface area contributed by atoms with Crippen LogP contribution in [0, 0.1) is 0 Å². The van der Waals surface area contributed by atoms with Crippen molar-refractivity contribution in [3.05, 3.63) is 24.2 Å². The van der Waals surface area contributed by atoms with Crippen molar-refractivity contribution >= 4 is 0 Å². The Morgan fingerprint density at radius 1 is 1.41 bits per heavy atom. The van der Waals surface area contributed by atoms with Crippen LogP contribution in [-0.2, 0) is 0 Å². The van der Waals surface area contributed by atoms with Crippen LogP contribution >= 0.6 is 0 Å². The Kier molecular flexibility index (Phi) is 6.26. The number of rotatable bonds is 8. The third-order valence-electron chi connectivity index (χ3n) is 2.99. The first-order valence-electron chi connectivity index (χ1n) is 6.34. The first kappa shape index (κ1) is 14.2. The zero-order chi connectivity index (χ0) is 12.7. The SMILES string of the molecule is CCN(CC)CC(O)CNC(C)c1ccco1. The Morgan fingerprint density at radius 3 is 2.65 bits per heavy atom. The van der Waals surface area contributed by atoms with Gasteiger partial charge >= 0.3 is 0 Å². The Balaban J connectivity index is 2.25. The van der Waals surface area contributed by atoms with Crippen LogP contribution in [0.4, 0.5) is 0 Å². The molecule has 1 aromatic rings. The molecule has 0 bridgehead atoms. The molecule has 2 unspecified atom stereocenters. The van der Waals surface area contributed by atoms with E-state index < -0.39 is 0 Å². The molecule has 4 heteroatoms. The fourth-order valence-corrected chi connectivity index (χ4v) is 1.80. The summed E-state index contributed by atoms with van der Waals surface area (Å²) in [6, 6.07) is 3.95. The fourth-order valence-electron chi connectivity index (χ4n) is 1.80. The molecule has 0 spiro atoms. The molecule has 0 aliphatic carbocycles. The van der Waals surface area contributed by atoms with E-state index in [1.165, 1.54) is 0 Å². The van der Waals surface area contributed by atoms with E-state index in [1.54, 1.807) is 6.26 Å². The second-order valence-electron chi connectivity index (χ2n) is 4.29. The number of aliphatic hydroxyl groups excluding tert-OH is 1. The minimum Gasteiger partial charge on any atom is -0.468 e. The Labute approximate surface area is 104 Å². The lowest BCUT2D eigenvalue weighted by Gasteiger charge is -2.23. The van der Waals surface area contributed by atoms with Crippen molar-refractivity contribution in [2.75, 3.05) is 26.2 Å². The topological polar surface area (TPSA) is 48.6 Å². The Morgan fingerprint density at radius 2 is 2.12 bits per heavy atom. The third kappa shape index (κ3) is 4.89. The van der Waals surface area contributed by atoms with Crippen LogP contribution in [0.5, 0.6) is 0 Å². The van der Waals surface area contributed by atoms with Crippen LogP contribution in [0.25, 0.3) is 0 Å². The average Bonchev–Trinajstić information content (AvgIpc) is 2.86. The van der Waals surface area contributed by atoms with Gasteiger partial charge in [0, 0.05) is 13.1 Å². The van der Waals surface area contributed by atoms with E-state index in [0.717, 1.165) is 18.8 Å². The van der Waals surface area contributed by atoms with Crippen molar-refractivity contribution < 1.29 is 9.52 Å². The number of hydrogen-bond acceptors (Lipinski definition) is 4. The molecule has 0 radical (unpaired) electrons. The predicted molar refractivity (Wildman–Crippen MR) is 68.9 cm³/mol. The minimum atomic E-state index is -0.340. The zero-order valence-electron chi connectivity index (χ0n) is 11.0. The van der Waals surface area contributed by atoms with Gasteiger partial charge in [0.15, 0.2) is 0 Å². The normalized spacial score (nSPS) is 15.1. The van der Waals surface area contributed by atoms with Crippen molar-refractivity contribution in [2.45, 2.75) is 32.9 Å². The fraction of sp³-hybridized carbons (Fsp3) is 0.692. The van der Waals surface area contributed by atoms with Crippen LogP contribution < -0.4 is 5.32 Å². The van der Waals surface area contributed by atoms with E-state index in [4.69, 9.17) is 4.42 Å². The highest BCUT2D eigenvalue weighted by atomic mass is 16.3. The van der Waals surface area contributed by atoms with E-state index >= 15 is 0 Å². The number of furan rings is 1. The molecule has 4 nitrogen and oxygen atoms in total. The molecule has 0 amide bonds. The van der Waals surface area contributed by atoms with E-state index in [1.807, 2.05) is 19.1 Å². The molecule has 17 heavy (non-hydrogen) atoms. The van der Waals surface area contributed by atoms with Gasteiger partial charge in [-0.05, 0) is 32.1 Å². The van der Waals surface area contributed by atoms with E-state index in [2.05, 4.69) is 24.1 Å². The molecule has 98 valence electrons. The van der Waals surface area contributed by atoms with Crippen LogP contribution in [0.1, 0.15) is 32.6 Å². The summed E-state index contributed by atoms with van der Waals surface area (Å²) >= 11 is 0. The van der Waals surface area contributed by atoms with Gasteiger partial charge in [0.2, 0.25) is 0 Å². The number of likely N-dealkylation sites (N-methyl/N-ethyl adjacent to an activating group) is 1. The predicted octanol–water partition coefficient (Wildman–Crippen LogP) is 1.63. The third-order valence-corrected chi connectivity index (χ3v) is 2.99. The summed E-state index contributed by atoms with van der Waals surface area (Å²) in [5.74, 6) is 0.903. The molecule has 0 saturated carbocycles. The summed E-state index contributed by atoms with van der Waals surface area (Å²) in [6.07, 6.45) is 1.33. The molecular weight excluding hydrogens is 216 g/mol. The molecule has 1 heterocycles. The van der Waals surface area contributed by atoms with Gasteiger partial charge in [0.25, 0.3) is 0 Å². The van der Waals surface area contributed by atoms with Gasteiger partial charge in [-0.1, -0.05) is 13.8 Å². The molecular formula is C13H24N2O2. The number of aliphatic hydroxyl groups is 1. The molecule has 0 fully saturated rings. The lowest BCUT2D eigenvalue weighted by atomic mass is 10.2. The summed E-state index contributed by atoms with van der Waals surface area (Å²) in [6.45, 7) is 9.49. The molecule has 2 N–H and O–H groups in total. The van der Waals surface area contributed by atoms with E-state index in [-0.39, 0.29) is 12.1 Å². The monoisotopic (exact) mass is 240 g/mol. The summed E-state index contributed by atoms with van der Waals surface area (Å²) in [5.41, 5.74) is 0. The average molecular weight is 240 g/mol. The summed E-state index contributed by atoms with van der Waals surface area (Å²) in [4.78, 5) is 2.21. The Hall–Kier alpha value is -0.840. The molecule has 0 aliphatic rings. The van der Waals surface area contributed by atoms with Crippen LogP contribution in [0.15, 0.2) is 22.8 Å². The second kappa shape index (κ2) is 7.48. The van der Waals surface area contributed by atoms with Gasteiger partial charge < -0.3 is 19.7 Å². The maximum atomic E-state index is 9.89. The molecule has 1 aromatic heterocycles. The highest BCUT2D eigenvalue weighted by molar-refractivity contribution is 5.02. The Bertz CT molecular complexity index is 284. The highest BCUT2D eigenvalue weighted by Crippen LogP contribution is 2.11. The summed E-state index contributed by atoms with van der Waals surface area (Å²) in [7, 11) is 0. The highest BCUT2D eigenvalue weighted by Gasteiger charge is 2.12.